The smallest absolute Gasteiger partial charge is 0.306 e. The van der Waals surface area contributed by atoms with E-state index in [1.807, 2.05) is 35.8 Å². The molecular formula is C16H20N2O3. The van der Waals surface area contributed by atoms with Crippen LogP contribution in [0.3, 0.4) is 0 Å². The van der Waals surface area contributed by atoms with Crippen molar-refractivity contribution < 1.29 is 14.7 Å². The van der Waals surface area contributed by atoms with Crippen molar-refractivity contribution in [1.29, 1.82) is 0 Å². The van der Waals surface area contributed by atoms with Gasteiger partial charge in [-0.3, -0.25) is 9.59 Å². The highest BCUT2D eigenvalue weighted by Gasteiger charge is 2.12. The second-order valence-electron chi connectivity index (χ2n) is 5.31. The Morgan fingerprint density at radius 2 is 2.05 bits per heavy atom. The van der Waals surface area contributed by atoms with E-state index in [-0.39, 0.29) is 12.5 Å². The van der Waals surface area contributed by atoms with Crippen molar-refractivity contribution in [3.8, 4) is 0 Å². The van der Waals surface area contributed by atoms with Crippen LogP contribution >= 0.6 is 0 Å². The molecule has 5 nitrogen and oxygen atoms in total. The summed E-state index contributed by atoms with van der Waals surface area (Å²) >= 11 is 0. The van der Waals surface area contributed by atoms with Gasteiger partial charge in [0.2, 0.25) is 5.91 Å². The molecule has 1 aromatic carbocycles. The van der Waals surface area contributed by atoms with Crippen molar-refractivity contribution in [2.45, 2.75) is 26.8 Å². The zero-order valence-corrected chi connectivity index (χ0v) is 12.3. The van der Waals surface area contributed by atoms with Crippen LogP contribution in [0.4, 0.5) is 0 Å². The molecule has 1 aromatic heterocycles. The number of hydrogen-bond acceptors (Lipinski definition) is 2. The summed E-state index contributed by atoms with van der Waals surface area (Å²) in [5.74, 6) is -1.38. The Balaban J connectivity index is 1.96. The number of rotatable bonds is 6. The van der Waals surface area contributed by atoms with Crippen molar-refractivity contribution in [3.05, 3.63) is 36.0 Å². The van der Waals surface area contributed by atoms with E-state index >= 15 is 0 Å². The molecule has 1 amide bonds. The van der Waals surface area contributed by atoms with Crippen LogP contribution in [0.5, 0.6) is 0 Å². The van der Waals surface area contributed by atoms with Crippen LogP contribution in [0.1, 0.15) is 19.0 Å². The summed E-state index contributed by atoms with van der Waals surface area (Å²) in [5, 5.41) is 12.7. The van der Waals surface area contributed by atoms with Gasteiger partial charge in [-0.2, -0.15) is 0 Å². The van der Waals surface area contributed by atoms with Crippen LogP contribution in [0.25, 0.3) is 10.9 Å². The Morgan fingerprint density at radius 3 is 2.76 bits per heavy atom. The molecule has 1 heterocycles. The van der Waals surface area contributed by atoms with Gasteiger partial charge < -0.3 is 15.0 Å². The third-order valence-corrected chi connectivity index (χ3v) is 3.64. The fourth-order valence-electron chi connectivity index (χ4n) is 2.31. The molecule has 0 saturated heterocycles. The molecule has 0 radical (unpaired) electrons. The Bertz CT molecular complexity index is 661. The number of carbonyl (C=O) groups is 2. The van der Waals surface area contributed by atoms with Crippen molar-refractivity contribution in [1.82, 2.24) is 9.88 Å². The van der Waals surface area contributed by atoms with Crippen LogP contribution in [0.2, 0.25) is 0 Å². The second kappa shape index (κ2) is 6.43. The lowest BCUT2D eigenvalue weighted by atomic mass is 10.1. The van der Waals surface area contributed by atoms with Gasteiger partial charge in [0.25, 0.3) is 0 Å². The summed E-state index contributed by atoms with van der Waals surface area (Å²) in [4.78, 5) is 22.7. The fraction of sp³-hybridized carbons (Fsp3) is 0.375. The molecule has 0 saturated carbocycles. The predicted molar refractivity (Wildman–Crippen MR) is 81.1 cm³/mol. The first-order valence-electron chi connectivity index (χ1n) is 7.03. The predicted octanol–water partition coefficient (Wildman–Crippen LogP) is 2.18. The first-order chi connectivity index (χ1) is 9.99. The quantitative estimate of drug-likeness (QED) is 0.855. The van der Waals surface area contributed by atoms with E-state index in [0.717, 1.165) is 16.6 Å². The average molecular weight is 288 g/mol. The molecule has 2 rings (SSSR count). The van der Waals surface area contributed by atoms with Crippen molar-refractivity contribution in [3.63, 3.8) is 0 Å². The van der Waals surface area contributed by atoms with Crippen LogP contribution in [0.15, 0.2) is 30.3 Å². The van der Waals surface area contributed by atoms with Crippen LogP contribution < -0.4 is 5.32 Å². The third-order valence-electron chi connectivity index (χ3n) is 3.64. The van der Waals surface area contributed by atoms with Gasteiger partial charge >= 0.3 is 5.97 Å². The maximum Gasteiger partial charge on any atom is 0.306 e. The highest BCUT2D eigenvalue weighted by Crippen LogP contribution is 2.18. The number of amides is 1. The number of benzene rings is 1. The molecule has 0 spiro atoms. The molecule has 0 aliphatic carbocycles. The van der Waals surface area contributed by atoms with Gasteiger partial charge in [0.05, 0.1) is 5.92 Å². The van der Waals surface area contributed by atoms with E-state index in [4.69, 9.17) is 5.11 Å². The topological polar surface area (TPSA) is 71.3 Å². The van der Waals surface area contributed by atoms with Gasteiger partial charge in [0, 0.05) is 17.8 Å². The number of aryl methyl sites for hydroxylation is 1. The Labute approximate surface area is 123 Å². The molecule has 1 unspecified atom stereocenters. The van der Waals surface area contributed by atoms with Crippen LogP contribution in [-0.4, -0.2) is 28.1 Å². The first-order valence-corrected chi connectivity index (χ1v) is 7.03. The molecule has 1 atom stereocenters. The molecule has 0 bridgehead atoms. The summed E-state index contributed by atoms with van der Waals surface area (Å²) in [6.45, 7) is 4.24. The Kier molecular flexibility index (Phi) is 4.62. The summed E-state index contributed by atoms with van der Waals surface area (Å²) < 4.78 is 1.96. The van der Waals surface area contributed by atoms with Crippen molar-refractivity contribution in [2.24, 2.45) is 5.92 Å². The summed E-state index contributed by atoms with van der Waals surface area (Å²) in [6, 6.07) is 9.98. The zero-order valence-electron chi connectivity index (χ0n) is 12.3. The standard InChI is InChI=1S/C16H20N2O3/c1-11(16(20)21)7-8-17-15(19)10-18-12(2)9-13-5-3-4-6-14(13)18/h3-6,9,11H,7-8,10H2,1-2H3,(H,17,19)(H,20,21). The number of carboxylic acid groups (broad SMARTS) is 1. The maximum atomic E-state index is 12.0. The molecule has 21 heavy (non-hydrogen) atoms. The van der Waals surface area contributed by atoms with E-state index in [1.165, 1.54) is 0 Å². The first kappa shape index (κ1) is 15.1. The second-order valence-corrected chi connectivity index (χ2v) is 5.31. The van der Waals surface area contributed by atoms with Crippen LogP contribution in [0, 0.1) is 12.8 Å². The van der Waals surface area contributed by atoms with E-state index in [1.54, 1.807) is 6.92 Å². The summed E-state index contributed by atoms with van der Waals surface area (Å²) in [5.41, 5.74) is 2.06. The SMILES string of the molecule is Cc1cc2ccccc2n1CC(=O)NCCC(C)C(=O)O. The number of hydrogen-bond donors (Lipinski definition) is 2. The minimum Gasteiger partial charge on any atom is -0.481 e. The number of fused-ring (bicyclic) bond motifs is 1. The minimum absolute atomic E-state index is 0.1000. The number of para-hydroxylation sites is 1. The molecule has 2 aromatic rings. The lowest BCUT2D eigenvalue weighted by Crippen LogP contribution is -2.30. The highest BCUT2D eigenvalue weighted by molar-refractivity contribution is 5.84. The zero-order chi connectivity index (χ0) is 15.4. The minimum atomic E-state index is -0.837. The molecule has 0 fully saturated rings. The van der Waals surface area contributed by atoms with Crippen molar-refractivity contribution in [2.75, 3.05) is 6.54 Å². The summed E-state index contributed by atoms with van der Waals surface area (Å²) in [6.07, 6.45) is 0.437. The Morgan fingerprint density at radius 1 is 1.33 bits per heavy atom. The maximum absolute atomic E-state index is 12.0. The molecule has 0 aliphatic rings. The molecule has 112 valence electrons. The average Bonchev–Trinajstić information content (AvgIpc) is 2.75. The normalized spacial score (nSPS) is 12.3. The lowest BCUT2D eigenvalue weighted by Gasteiger charge is -2.10. The number of carboxylic acids is 1. The van der Waals surface area contributed by atoms with E-state index in [2.05, 4.69) is 11.4 Å². The van der Waals surface area contributed by atoms with Gasteiger partial charge in [0.15, 0.2) is 0 Å². The molecule has 5 heteroatoms. The lowest BCUT2D eigenvalue weighted by molar-refractivity contribution is -0.141. The van der Waals surface area contributed by atoms with Gasteiger partial charge in [-0.15, -0.1) is 0 Å². The third kappa shape index (κ3) is 3.62. The van der Waals surface area contributed by atoms with Gasteiger partial charge in [-0.1, -0.05) is 25.1 Å². The fourth-order valence-corrected chi connectivity index (χ4v) is 2.31. The molecular weight excluding hydrogens is 268 g/mol. The van der Waals surface area contributed by atoms with Gasteiger partial charge in [-0.05, 0) is 30.9 Å². The Hall–Kier alpha value is -2.30. The number of nitrogens with one attached hydrogen (secondary N) is 1. The number of carbonyl (C=O) groups excluding carboxylic acids is 1. The number of aromatic nitrogens is 1. The van der Waals surface area contributed by atoms with E-state index in [0.29, 0.717) is 13.0 Å². The number of aliphatic carboxylic acids is 1. The van der Waals surface area contributed by atoms with E-state index in [9.17, 15) is 9.59 Å². The van der Waals surface area contributed by atoms with Crippen LogP contribution in [-0.2, 0) is 16.1 Å². The van der Waals surface area contributed by atoms with E-state index < -0.39 is 11.9 Å². The monoisotopic (exact) mass is 288 g/mol. The van der Waals surface area contributed by atoms with Crippen molar-refractivity contribution >= 4 is 22.8 Å². The van der Waals surface area contributed by atoms with Gasteiger partial charge in [-0.25, -0.2) is 0 Å². The highest BCUT2D eigenvalue weighted by atomic mass is 16.4. The largest absolute Gasteiger partial charge is 0.481 e. The number of nitrogens with zero attached hydrogens (tertiary/aromatic N) is 1. The molecule has 2 N–H and O–H groups in total. The summed E-state index contributed by atoms with van der Waals surface area (Å²) in [7, 11) is 0. The van der Waals surface area contributed by atoms with Gasteiger partial charge in [0.1, 0.15) is 6.54 Å². The molecule has 0 aliphatic heterocycles.